The molecule has 98 valence electrons. The number of aromatic nitrogens is 1. The van der Waals surface area contributed by atoms with E-state index in [4.69, 9.17) is 11.6 Å². The lowest BCUT2D eigenvalue weighted by molar-refractivity contribution is -0.121. The second-order valence-corrected chi connectivity index (χ2v) is 4.75. The molecule has 0 bridgehead atoms. The molecule has 0 fully saturated rings. The fourth-order valence-electron chi connectivity index (χ4n) is 1.82. The summed E-state index contributed by atoms with van der Waals surface area (Å²) in [5.74, 6) is -0.0514. The number of nitrogens with zero attached hydrogens (tertiary/aromatic N) is 1. The van der Waals surface area contributed by atoms with Gasteiger partial charge in [0.1, 0.15) is 0 Å². The molecule has 1 heterocycles. The molecule has 2 rings (SSSR count). The predicted molar refractivity (Wildman–Crippen MR) is 76.0 cm³/mol. The minimum absolute atomic E-state index is 0.0514. The third-order valence-corrected chi connectivity index (χ3v) is 3.24. The molecule has 1 aromatic heterocycles. The van der Waals surface area contributed by atoms with Gasteiger partial charge in [0.2, 0.25) is 5.91 Å². The molecule has 2 aromatic rings. The number of benzene rings is 1. The number of carbonyl (C=O) groups is 1. The summed E-state index contributed by atoms with van der Waals surface area (Å²) in [5.41, 5.74) is 1.81. The molecule has 19 heavy (non-hydrogen) atoms. The van der Waals surface area contributed by atoms with Crippen LogP contribution in [-0.2, 0) is 11.2 Å². The second kappa shape index (κ2) is 6.34. The maximum absolute atomic E-state index is 12.0. The van der Waals surface area contributed by atoms with Gasteiger partial charge in [-0.3, -0.25) is 9.78 Å². The summed E-state index contributed by atoms with van der Waals surface area (Å²) in [5, 5.41) is 3.55. The number of carbonyl (C=O) groups excluding carboxylic acids is 1. The molecule has 1 unspecified atom stereocenters. The van der Waals surface area contributed by atoms with E-state index in [1.54, 1.807) is 18.5 Å². The van der Waals surface area contributed by atoms with Gasteiger partial charge in [-0.05, 0) is 30.2 Å². The van der Waals surface area contributed by atoms with Crippen LogP contribution in [0.2, 0.25) is 5.02 Å². The third kappa shape index (κ3) is 3.80. The molecule has 3 nitrogen and oxygen atoms in total. The zero-order chi connectivity index (χ0) is 13.7. The molecule has 0 aliphatic heterocycles. The molecule has 0 aliphatic rings. The van der Waals surface area contributed by atoms with Gasteiger partial charge in [-0.25, -0.2) is 0 Å². The highest BCUT2D eigenvalue weighted by molar-refractivity contribution is 6.31. The fourth-order valence-corrected chi connectivity index (χ4v) is 2.03. The number of nitrogens with one attached hydrogen (secondary N) is 1. The summed E-state index contributed by atoms with van der Waals surface area (Å²) >= 11 is 6.03. The maximum Gasteiger partial charge on any atom is 0.224 e. The first-order valence-electron chi connectivity index (χ1n) is 6.09. The van der Waals surface area contributed by atoms with Crippen molar-refractivity contribution in [3.05, 3.63) is 64.9 Å². The van der Waals surface area contributed by atoms with Crippen molar-refractivity contribution in [2.75, 3.05) is 0 Å². The normalized spacial score (nSPS) is 11.9. The van der Waals surface area contributed by atoms with Crippen LogP contribution in [0.3, 0.4) is 0 Å². The summed E-state index contributed by atoms with van der Waals surface area (Å²) in [6.45, 7) is 1.93. The first-order valence-corrected chi connectivity index (χ1v) is 6.47. The summed E-state index contributed by atoms with van der Waals surface area (Å²) in [6, 6.07) is 11.1. The zero-order valence-corrected chi connectivity index (χ0v) is 11.4. The minimum Gasteiger partial charge on any atom is -0.349 e. The van der Waals surface area contributed by atoms with Gasteiger partial charge in [0.15, 0.2) is 0 Å². The van der Waals surface area contributed by atoms with Crippen LogP contribution < -0.4 is 5.32 Å². The standard InChI is InChI=1S/C15H15ClN2O/c1-11(13-6-4-8-17-10-13)18-15(19)9-12-5-2-3-7-14(12)16/h2-8,10-11H,9H2,1H3,(H,18,19). The van der Waals surface area contributed by atoms with E-state index in [1.807, 2.05) is 37.3 Å². The Morgan fingerprint density at radius 3 is 2.79 bits per heavy atom. The number of hydrogen-bond acceptors (Lipinski definition) is 2. The Balaban J connectivity index is 1.97. The van der Waals surface area contributed by atoms with Crippen molar-refractivity contribution in [3.8, 4) is 0 Å². The molecule has 1 N–H and O–H groups in total. The van der Waals surface area contributed by atoms with Gasteiger partial charge in [-0.1, -0.05) is 35.9 Å². The largest absolute Gasteiger partial charge is 0.349 e. The number of hydrogen-bond donors (Lipinski definition) is 1. The van der Waals surface area contributed by atoms with Crippen LogP contribution in [0.1, 0.15) is 24.1 Å². The summed E-state index contributed by atoms with van der Waals surface area (Å²) in [7, 11) is 0. The van der Waals surface area contributed by atoms with Crippen LogP contribution in [0.25, 0.3) is 0 Å². The first-order chi connectivity index (χ1) is 9.16. The maximum atomic E-state index is 12.0. The molecule has 0 aliphatic carbocycles. The molecule has 0 spiro atoms. The summed E-state index contributed by atoms with van der Waals surface area (Å²) < 4.78 is 0. The highest BCUT2D eigenvalue weighted by Gasteiger charge is 2.11. The van der Waals surface area contributed by atoms with E-state index in [0.717, 1.165) is 11.1 Å². The Kier molecular flexibility index (Phi) is 4.53. The highest BCUT2D eigenvalue weighted by atomic mass is 35.5. The lowest BCUT2D eigenvalue weighted by atomic mass is 10.1. The van der Waals surface area contributed by atoms with Crippen LogP contribution in [-0.4, -0.2) is 10.9 Å². The monoisotopic (exact) mass is 274 g/mol. The van der Waals surface area contributed by atoms with E-state index in [2.05, 4.69) is 10.3 Å². The van der Waals surface area contributed by atoms with Crippen LogP contribution in [0.5, 0.6) is 0 Å². The molecule has 0 saturated carbocycles. The Morgan fingerprint density at radius 1 is 1.32 bits per heavy atom. The van der Waals surface area contributed by atoms with E-state index >= 15 is 0 Å². The van der Waals surface area contributed by atoms with Crippen molar-refractivity contribution < 1.29 is 4.79 Å². The third-order valence-electron chi connectivity index (χ3n) is 2.87. The van der Waals surface area contributed by atoms with Crippen molar-refractivity contribution in [2.24, 2.45) is 0 Å². The van der Waals surface area contributed by atoms with Crippen molar-refractivity contribution in [2.45, 2.75) is 19.4 Å². The lowest BCUT2D eigenvalue weighted by Gasteiger charge is -2.14. The quantitative estimate of drug-likeness (QED) is 0.931. The van der Waals surface area contributed by atoms with Crippen molar-refractivity contribution >= 4 is 17.5 Å². The van der Waals surface area contributed by atoms with Crippen molar-refractivity contribution in [1.82, 2.24) is 10.3 Å². The number of rotatable bonds is 4. The lowest BCUT2D eigenvalue weighted by Crippen LogP contribution is -2.28. The minimum atomic E-state index is -0.0660. The van der Waals surface area contributed by atoms with Crippen molar-refractivity contribution in [3.63, 3.8) is 0 Å². The SMILES string of the molecule is CC(NC(=O)Cc1ccccc1Cl)c1cccnc1. The average molecular weight is 275 g/mol. The second-order valence-electron chi connectivity index (χ2n) is 4.34. The summed E-state index contributed by atoms with van der Waals surface area (Å²) in [6.07, 6.45) is 3.74. The molecule has 1 amide bonds. The molecule has 0 saturated heterocycles. The number of pyridine rings is 1. The molecular formula is C15H15ClN2O. The van der Waals surface area contributed by atoms with Crippen molar-refractivity contribution in [1.29, 1.82) is 0 Å². The highest BCUT2D eigenvalue weighted by Crippen LogP contribution is 2.16. The molecule has 4 heteroatoms. The van der Waals surface area contributed by atoms with Crippen LogP contribution >= 0.6 is 11.6 Å². The van der Waals surface area contributed by atoms with Gasteiger partial charge < -0.3 is 5.32 Å². The Hall–Kier alpha value is -1.87. The van der Waals surface area contributed by atoms with Gasteiger partial charge >= 0.3 is 0 Å². The zero-order valence-electron chi connectivity index (χ0n) is 10.6. The van der Waals surface area contributed by atoms with Gasteiger partial charge in [0.25, 0.3) is 0 Å². The fraction of sp³-hybridized carbons (Fsp3) is 0.200. The topological polar surface area (TPSA) is 42.0 Å². The molecule has 0 radical (unpaired) electrons. The number of amides is 1. The molecule has 1 aromatic carbocycles. The first kappa shape index (κ1) is 13.6. The average Bonchev–Trinajstić information content (AvgIpc) is 2.42. The van der Waals surface area contributed by atoms with Gasteiger partial charge in [0.05, 0.1) is 12.5 Å². The molecule has 1 atom stereocenters. The smallest absolute Gasteiger partial charge is 0.224 e. The predicted octanol–water partition coefficient (Wildman–Crippen LogP) is 3.15. The van der Waals surface area contributed by atoms with E-state index in [0.29, 0.717) is 5.02 Å². The number of halogens is 1. The Bertz CT molecular complexity index is 557. The van der Waals surface area contributed by atoms with Gasteiger partial charge in [-0.2, -0.15) is 0 Å². The van der Waals surface area contributed by atoms with E-state index < -0.39 is 0 Å². The van der Waals surface area contributed by atoms with E-state index in [9.17, 15) is 4.79 Å². The Morgan fingerprint density at radius 2 is 2.11 bits per heavy atom. The van der Waals surface area contributed by atoms with Crippen LogP contribution in [0.15, 0.2) is 48.8 Å². The van der Waals surface area contributed by atoms with Crippen LogP contribution in [0, 0.1) is 0 Å². The van der Waals surface area contributed by atoms with E-state index in [1.165, 1.54) is 0 Å². The van der Waals surface area contributed by atoms with E-state index in [-0.39, 0.29) is 18.4 Å². The molecular weight excluding hydrogens is 260 g/mol. The van der Waals surface area contributed by atoms with Gasteiger partial charge in [-0.15, -0.1) is 0 Å². The summed E-state index contributed by atoms with van der Waals surface area (Å²) in [4.78, 5) is 16.0. The van der Waals surface area contributed by atoms with Gasteiger partial charge in [0, 0.05) is 17.4 Å². The Labute approximate surface area is 117 Å². The van der Waals surface area contributed by atoms with Crippen LogP contribution in [0.4, 0.5) is 0 Å².